The molecule has 0 aliphatic carbocycles. The zero-order chi connectivity index (χ0) is 11.7. The highest BCUT2D eigenvalue weighted by Crippen LogP contribution is 2.32. The van der Waals surface area contributed by atoms with Gasteiger partial charge in [0.25, 0.3) is 0 Å². The largest absolute Gasteiger partial charge is 0.385 e. The topological polar surface area (TPSA) is 34.3 Å². The van der Waals surface area contributed by atoms with Crippen molar-refractivity contribution in [3.8, 4) is 0 Å². The van der Waals surface area contributed by atoms with Crippen molar-refractivity contribution < 1.29 is 5.11 Å². The Bertz CT molecular complexity index is 529. The minimum atomic E-state index is -0.675. The molecule has 0 amide bonds. The Morgan fingerprint density at radius 1 is 0.941 bits per heavy atom. The first kappa shape index (κ1) is 10.8. The molecule has 0 bridgehead atoms. The smallest absolute Gasteiger partial charge is 0.0922 e. The average molecular weight is 226 g/mol. The van der Waals surface area contributed by atoms with Crippen molar-refractivity contribution in [3.63, 3.8) is 0 Å². The van der Waals surface area contributed by atoms with E-state index in [0.717, 1.165) is 31.5 Å². The predicted molar refractivity (Wildman–Crippen MR) is 68.9 cm³/mol. The molecule has 0 aromatic heterocycles. The van der Waals surface area contributed by atoms with E-state index in [1.165, 1.54) is 10.8 Å². The lowest BCUT2D eigenvalue weighted by atomic mass is 9.84. The highest BCUT2D eigenvalue weighted by atomic mass is 16.3. The van der Waals surface area contributed by atoms with Crippen molar-refractivity contribution in [2.24, 2.45) is 0 Å². The van der Waals surface area contributed by atoms with Crippen molar-refractivity contribution in [2.45, 2.75) is 18.4 Å². The zero-order valence-corrected chi connectivity index (χ0v) is 9.76. The Morgan fingerprint density at radius 2 is 1.65 bits per heavy atom. The van der Waals surface area contributed by atoms with Crippen molar-refractivity contribution in [1.29, 1.82) is 0 Å². The van der Waals surface area contributed by atoms with Gasteiger partial charge in [0.2, 0.25) is 0 Å². The van der Waals surface area contributed by atoms with Gasteiger partial charge in [-0.15, -0.1) is 0 Å². The van der Waals surface area contributed by atoms with Crippen LogP contribution in [0.5, 0.6) is 0 Å². The van der Waals surface area contributed by atoms with Crippen LogP contribution in [0.4, 0.5) is 0 Å². The molecule has 0 spiro atoms. The third-order valence-electron chi connectivity index (χ3n) is 3.65. The van der Waals surface area contributed by atoms with E-state index in [-0.39, 0.29) is 0 Å². The van der Waals surface area contributed by atoms with Gasteiger partial charge in [-0.05, 0) is 35.2 Å². The summed E-state index contributed by atoms with van der Waals surface area (Å²) in [4.78, 5) is 0. The number of fused-ring (bicyclic) bond motifs is 1. The van der Waals surface area contributed by atoms with E-state index >= 15 is 0 Å². The fourth-order valence-corrected chi connectivity index (χ4v) is 2.53. The van der Waals surface area contributed by atoms with E-state index in [0.29, 0.717) is 0 Å². The molecule has 1 N–H and O–H groups in total. The molecule has 17 heavy (non-hydrogen) atoms. The van der Waals surface area contributed by atoms with Crippen LogP contribution in [0.3, 0.4) is 0 Å². The normalized spacial score (nSPS) is 19.4. The second kappa shape index (κ2) is 4.13. The molecule has 1 aliphatic rings. The van der Waals surface area contributed by atoms with Gasteiger partial charge in [0.05, 0.1) is 5.60 Å². The molecule has 1 aliphatic heterocycles. The first-order valence-corrected chi connectivity index (χ1v) is 6.13. The number of nitrogens with zero attached hydrogens (tertiary/aromatic N) is 1. The number of benzene rings is 2. The van der Waals surface area contributed by atoms with Gasteiger partial charge < -0.3 is 5.11 Å². The molecule has 1 fully saturated rings. The highest BCUT2D eigenvalue weighted by molar-refractivity contribution is 5.83. The fourth-order valence-electron chi connectivity index (χ4n) is 2.53. The summed E-state index contributed by atoms with van der Waals surface area (Å²) >= 11 is 0. The first-order valence-electron chi connectivity index (χ1n) is 6.13. The van der Waals surface area contributed by atoms with Gasteiger partial charge in [0, 0.05) is 13.1 Å². The average Bonchev–Trinajstić information content (AvgIpc) is 2.39. The van der Waals surface area contributed by atoms with Gasteiger partial charge in [-0.25, -0.2) is 5.32 Å². The molecule has 2 nitrogen and oxygen atoms in total. The van der Waals surface area contributed by atoms with Gasteiger partial charge >= 0.3 is 0 Å². The van der Waals surface area contributed by atoms with Crippen molar-refractivity contribution in [1.82, 2.24) is 5.32 Å². The maximum atomic E-state index is 10.6. The minimum absolute atomic E-state index is 0.675. The molecular weight excluding hydrogens is 210 g/mol. The molecule has 1 heterocycles. The summed E-state index contributed by atoms with van der Waals surface area (Å²) in [5, 5.41) is 17.4. The third kappa shape index (κ3) is 1.94. The Balaban J connectivity index is 2.05. The van der Waals surface area contributed by atoms with Crippen LogP contribution in [0.2, 0.25) is 0 Å². The summed E-state index contributed by atoms with van der Waals surface area (Å²) in [5.74, 6) is 0. The van der Waals surface area contributed by atoms with E-state index in [9.17, 15) is 5.11 Å². The zero-order valence-electron chi connectivity index (χ0n) is 9.76. The lowest BCUT2D eigenvalue weighted by molar-refractivity contribution is 0.00526. The van der Waals surface area contributed by atoms with Crippen LogP contribution < -0.4 is 5.32 Å². The molecule has 87 valence electrons. The standard InChI is InChI=1S/C15H16NO/c17-15(7-9-16-10-8-15)14-6-5-12-3-1-2-4-13(12)11-14/h1-6,11,17H,7-10H2. The fraction of sp³-hybridized carbons (Fsp3) is 0.333. The van der Waals surface area contributed by atoms with E-state index in [2.05, 4.69) is 29.6 Å². The van der Waals surface area contributed by atoms with Crippen LogP contribution in [0.25, 0.3) is 10.8 Å². The molecule has 2 heteroatoms. The third-order valence-corrected chi connectivity index (χ3v) is 3.65. The highest BCUT2D eigenvalue weighted by Gasteiger charge is 2.31. The molecule has 0 unspecified atom stereocenters. The van der Waals surface area contributed by atoms with Gasteiger partial charge in [0.1, 0.15) is 0 Å². The Hall–Kier alpha value is -1.38. The summed E-state index contributed by atoms with van der Waals surface area (Å²) in [6.45, 7) is 1.53. The second-order valence-electron chi connectivity index (χ2n) is 4.76. The summed E-state index contributed by atoms with van der Waals surface area (Å²) in [5.41, 5.74) is 0.359. The maximum absolute atomic E-state index is 10.6. The van der Waals surface area contributed by atoms with Crippen LogP contribution in [0, 0.1) is 0 Å². The number of aliphatic hydroxyl groups is 1. The molecule has 0 saturated carbocycles. The minimum Gasteiger partial charge on any atom is -0.385 e. The van der Waals surface area contributed by atoms with Crippen LogP contribution in [-0.2, 0) is 5.60 Å². The van der Waals surface area contributed by atoms with Crippen molar-refractivity contribution in [2.75, 3.05) is 13.1 Å². The number of rotatable bonds is 1. The summed E-state index contributed by atoms with van der Waals surface area (Å²) < 4.78 is 0. The Morgan fingerprint density at radius 3 is 2.41 bits per heavy atom. The van der Waals surface area contributed by atoms with E-state index in [1.807, 2.05) is 18.2 Å². The molecule has 1 radical (unpaired) electrons. The molecule has 3 rings (SSSR count). The molecule has 2 aromatic rings. The van der Waals surface area contributed by atoms with Crippen molar-refractivity contribution in [3.05, 3.63) is 48.0 Å². The quantitative estimate of drug-likeness (QED) is 0.796. The first-order chi connectivity index (χ1) is 8.28. The number of piperidine rings is 1. The van der Waals surface area contributed by atoms with Gasteiger partial charge in [0.15, 0.2) is 0 Å². The number of hydrogen-bond acceptors (Lipinski definition) is 1. The molecule has 0 atom stereocenters. The van der Waals surface area contributed by atoms with E-state index < -0.39 is 5.60 Å². The second-order valence-corrected chi connectivity index (χ2v) is 4.76. The molecule has 2 aromatic carbocycles. The van der Waals surface area contributed by atoms with E-state index in [1.54, 1.807) is 0 Å². The van der Waals surface area contributed by atoms with Crippen LogP contribution in [-0.4, -0.2) is 18.2 Å². The maximum Gasteiger partial charge on any atom is 0.0922 e. The Kier molecular flexibility index (Phi) is 2.61. The SMILES string of the molecule is OC1(c2ccc3ccccc3c2)CC[N]CC1. The monoisotopic (exact) mass is 226 g/mol. The van der Waals surface area contributed by atoms with Gasteiger partial charge in [-0.1, -0.05) is 36.4 Å². The van der Waals surface area contributed by atoms with Crippen LogP contribution in [0.15, 0.2) is 42.5 Å². The summed E-state index contributed by atoms with van der Waals surface area (Å²) in [6.07, 6.45) is 1.48. The van der Waals surface area contributed by atoms with Gasteiger partial charge in [-0.2, -0.15) is 0 Å². The van der Waals surface area contributed by atoms with E-state index in [4.69, 9.17) is 0 Å². The molecule has 1 saturated heterocycles. The summed E-state index contributed by atoms with van der Waals surface area (Å²) in [7, 11) is 0. The number of hydrogen-bond donors (Lipinski definition) is 1. The lowest BCUT2D eigenvalue weighted by Crippen LogP contribution is -2.36. The van der Waals surface area contributed by atoms with Gasteiger partial charge in [-0.3, -0.25) is 0 Å². The lowest BCUT2D eigenvalue weighted by Gasteiger charge is -2.32. The van der Waals surface area contributed by atoms with Crippen molar-refractivity contribution >= 4 is 10.8 Å². The molecular formula is C15H16NO. The summed E-state index contributed by atoms with van der Waals surface area (Å²) in [6, 6.07) is 14.5. The van der Waals surface area contributed by atoms with Crippen LogP contribution >= 0.6 is 0 Å². The predicted octanol–water partition coefficient (Wildman–Crippen LogP) is 2.43. The Labute approximate surface area is 101 Å². The van der Waals surface area contributed by atoms with Crippen LogP contribution in [0.1, 0.15) is 18.4 Å².